The Morgan fingerprint density at radius 3 is 2.63 bits per heavy atom. The molecule has 1 N–H and O–H groups in total. The quantitative estimate of drug-likeness (QED) is 0.590. The second-order valence-electron chi connectivity index (χ2n) is 7.96. The molecule has 1 aromatic heterocycles. The molecule has 1 fully saturated rings. The van der Waals surface area contributed by atoms with Crippen LogP contribution in [0.1, 0.15) is 58.5 Å². The van der Waals surface area contributed by atoms with E-state index in [9.17, 15) is 4.79 Å². The fourth-order valence-corrected chi connectivity index (χ4v) is 5.05. The molecular weight excluding hydrogens is 394 g/mol. The van der Waals surface area contributed by atoms with Gasteiger partial charge >= 0.3 is 0 Å². The van der Waals surface area contributed by atoms with E-state index in [-0.39, 0.29) is 18.1 Å². The van der Waals surface area contributed by atoms with Gasteiger partial charge in [-0.25, -0.2) is 4.98 Å². The largest absolute Gasteiger partial charge is 0.487 e. The lowest BCUT2D eigenvalue weighted by molar-refractivity contribution is 0.0585. The summed E-state index contributed by atoms with van der Waals surface area (Å²) < 4.78 is 5.89. The van der Waals surface area contributed by atoms with E-state index in [1.807, 2.05) is 48.7 Å². The highest BCUT2D eigenvalue weighted by Crippen LogP contribution is 2.38. The summed E-state index contributed by atoms with van der Waals surface area (Å²) in [4.78, 5) is 19.9. The fourth-order valence-electron chi connectivity index (χ4n) is 4.45. The molecule has 30 heavy (non-hydrogen) atoms. The number of carbonyl (C=O) groups is 1. The maximum atomic E-state index is 13.4. The first kappa shape index (κ1) is 19.1. The minimum absolute atomic E-state index is 0.125. The SMILES string of the molecule is Cc1nc(COc2ccc([C@H]3Nc4ccccc4C(=O)N3C3CCCC3)cc2)cs1. The van der Waals surface area contributed by atoms with Crippen molar-refractivity contribution in [2.45, 2.75) is 51.4 Å². The number of carbonyl (C=O) groups excluding carboxylic acids is 1. The number of nitrogens with one attached hydrogen (secondary N) is 1. The molecule has 0 radical (unpaired) electrons. The van der Waals surface area contributed by atoms with Crippen molar-refractivity contribution < 1.29 is 9.53 Å². The van der Waals surface area contributed by atoms with Crippen molar-refractivity contribution in [3.63, 3.8) is 0 Å². The zero-order chi connectivity index (χ0) is 20.5. The van der Waals surface area contributed by atoms with Gasteiger partial charge in [-0.2, -0.15) is 0 Å². The average molecular weight is 420 g/mol. The molecule has 0 spiro atoms. The number of benzene rings is 2. The maximum Gasteiger partial charge on any atom is 0.258 e. The molecule has 5 nitrogen and oxygen atoms in total. The Balaban J connectivity index is 1.38. The third-order valence-electron chi connectivity index (χ3n) is 5.93. The van der Waals surface area contributed by atoms with Gasteiger partial charge < -0.3 is 15.0 Å². The maximum absolute atomic E-state index is 13.4. The van der Waals surface area contributed by atoms with Crippen LogP contribution in [0.2, 0.25) is 0 Å². The second kappa shape index (κ2) is 8.11. The predicted molar refractivity (Wildman–Crippen MR) is 119 cm³/mol. The Kier molecular flexibility index (Phi) is 5.17. The molecule has 5 rings (SSSR count). The van der Waals surface area contributed by atoms with Gasteiger partial charge in [0.15, 0.2) is 0 Å². The van der Waals surface area contributed by atoms with Crippen molar-refractivity contribution in [2.24, 2.45) is 0 Å². The molecule has 154 valence electrons. The summed E-state index contributed by atoms with van der Waals surface area (Å²) in [5.74, 6) is 0.930. The molecule has 3 aromatic rings. The van der Waals surface area contributed by atoms with E-state index in [2.05, 4.69) is 27.3 Å². The smallest absolute Gasteiger partial charge is 0.258 e. The third kappa shape index (κ3) is 3.67. The van der Waals surface area contributed by atoms with Gasteiger partial charge in [-0.3, -0.25) is 4.79 Å². The van der Waals surface area contributed by atoms with Gasteiger partial charge in [-0.1, -0.05) is 37.1 Å². The van der Waals surface area contributed by atoms with Gasteiger partial charge in [0.25, 0.3) is 5.91 Å². The summed E-state index contributed by atoms with van der Waals surface area (Å²) in [5.41, 5.74) is 3.69. The van der Waals surface area contributed by atoms with Crippen molar-refractivity contribution >= 4 is 22.9 Å². The van der Waals surface area contributed by atoms with Crippen LogP contribution in [0, 0.1) is 6.92 Å². The standard InChI is InChI=1S/C24H25N3O2S/c1-16-25-18(15-30-16)14-29-20-12-10-17(11-13-20)23-26-22-9-5-4-8-21(22)24(28)27(23)19-6-2-3-7-19/h4-5,8-13,15,19,23,26H,2-3,6-7,14H2,1H3/t23-/m0/s1. The number of hydrogen-bond acceptors (Lipinski definition) is 5. The van der Waals surface area contributed by atoms with Crippen molar-refractivity contribution in [3.8, 4) is 5.75 Å². The molecule has 0 unspecified atom stereocenters. The van der Waals surface area contributed by atoms with Crippen molar-refractivity contribution in [1.29, 1.82) is 0 Å². The summed E-state index contributed by atoms with van der Waals surface area (Å²) in [5, 5.41) is 6.68. The van der Waals surface area contributed by atoms with Crippen LogP contribution in [0.5, 0.6) is 5.75 Å². The number of nitrogens with zero attached hydrogens (tertiary/aromatic N) is 2. The van der Waals surface area contributed by atoms with E-state index >= 15 is 0 Å². The minimum atomic E-state index is -0.161. The molecular formula is C24H25N3O2S. The number of thiazole rings is 1. The number of rotatable bonds is 5. The molecule has 6 heteroatoms. The Labute approximate surface area is 180 Å². The number of aromatic nitrogens is 1. The predicted octanol–water partition coefficient (Wildman–Crippen LogP) is 5.54. The first-order valence-electron chi connectivity index (χ1n) is 10.5. The highest BCUT2D eigenvalue weighted by molar-refractivity contribution is 7.09. The Morgan fingerprint density at radius 2 is 1.90 bits per heavy atom. The van der Waals surface area contributed by atoms with Gasteiger partial charge in [0.1, 0.15) is 18.5 Å². The number of amides is 1. The average Bonchev–Trinajstić information content (AvgIpc) is 3.44. The van der Waals surface area contributed by atoms with E-state index in [0.717, 1.165) is 46.1 Å². The monoisotopic (exact) mass is 419 g/mol. The number of hydrogen-bond donors (Lipinski definition) is 1. The molecule has 0 bridgehead atoms. The molecule has 1 saturated carbocycles. The van der Waals surface area contributed by atoms with Crippen molar-refractivity contribution in [3.05, 3.63) is 75.7 Å². The van der Waals surface area contributed by atoms with E-state index in [1.54, 1.807) is 11.3 Å². The Hall–Kier alpha value is -2.86. The summed E-state index contributed by atoms with van der Waals surface area (Å²) in [6.45, 7) is 2.46. The lowest BCUT2D eigenvalue weighted by Gasteiger charge is -2.41. The Morgan fingerprint density at radius 1 is 1.13 bits per heavy atom. The van der Waals surface area contributed by atoms with E-state index < -0.39 is 0 Å². The van der Waals surface area contributed by atoms with Crippen molar-refractivity contribution in [1.82, 2.24) is 9.88 Å². The fraction of sp³-hybridized carbons (Fsp3) is 0.333. The van der Waals surface area contributed by atoms with E-state index in [0.29, 0.717) is 6.61 Å². The summed E-state index contributed by atoms with van der Waals surface area (Å²) in [7, 11) is 0. The highest BCUT2D eigenvalue weighted by Gasteiger charge is 2.38. The van der Waals surface area contributed by atoms with Crippen LogP contribution in [0.15, 0.2) is 53.9 Å². The van der Waals surface area contributed by atoms with Crippen LogP contribution in [-0.4, -0.2) is 21.8 Å². The van der Waals surface area contributed by atoms with E-state index in [4.69, 9.17) is 4.74 Å². The molecule has 2 aromatic carbocycles. The van der Waals surface area contributed by atoms with Gasteiger partial charge in [0.05, 0.1) is 16.3 Å². The molecule has 2 heterocycles. The van der Waals surface area contributed by atoms with Gasteiger partial charge in [0.2, 0.25) is 0 Å². The van der Waals surface area contributed by atoms with Crippen LogP contribution >= 0.6 is 11.3 Å². The first-order chi connectivity index (χ1) is 14.7. The number of ether oxygens (including phenoxy) is 1. The van der Waals surface area contributed by atoms with E-state index in [1.165, 1.54) is 12.8 Å². The lowest BCUT2D eigenvalue weighted by atomic mass is 10.0. The van der Waals surface area contributed by atoms with Crippen LogP contribution in [0.25, 0.3) is 0 Å². The number of para-hydroxylation sites is 1. The number of aryl methyl sites for hydroxylation is 1. The molecule has 1 aliphatic carbocycles. The third-order valence-corrected chi connectivity index (χ3v) is 6.75. The normalized spacial score (nSPS) is 18.9. The van der Waals surface area contributed by atoms with Gasteiger partial charge in [-0.05, 0) is 49.6 Å². The molecule has 1 aliphatic heterocycles. The van der Waals surface area contributed by atoms with Crippen LogP contribution in [0.4, 0.5) is 5.69 Å². The summed E-state index contributed by atoms with van der Waals surface area (Å²) in [6, 6.07) is 16.2. The van der Waals surface area contributed by atoms with Crippen LogP contribution in [0.3, 0.4) is 0 Å². The number of anilines is 1. The van der Waals surface area contributed by atoms with Gasteiger partial charge in [-0.15, -0.1) is 11.3 Å². The van der Waals surface area contributed by atoms with Crippen LogP contribution in [-0.2, 0) is 6.61 Å². The molecule has 1 atom stereocenters. The summed E-state index contributed by atoms with van der Waals surface area (Å²) >= 11 is 1.63. The first-order valence-corrected chi connectivity index (χ1v) is 11.4. The van der Waals surface area contributed by atoms with Gasteiger partial charge in [0, 0.05) is 17.1 Å². The minimum Gasteiger partial charge on any atom is -0.487 e. The highest BCUT2D eigenvalue weighted by atomic mass is 32.1. The molecule has 1 amide bonds. The Bertz CT molecular complexity index is 1040. The molecule has 0 saturated heterocycles. The second-order valence-corrected chi connectivity index (χ2v) is 9.02. The topological polar surface area (TPSA) is 54.5 Å². The lowest BCUT2D eigenvalue weighted by Crippen LogP contribution is -2.47. The van der Waals surface area contributed by atoms with Crippen molar-refractivity contribution in [2.75, 3.05) is 5.32 Å². The van der Waals surface area contributed by atoms with Crippen LogP contribution < -0.4 is 10.1 Å². The zero-order valence-electron chi connectivity index (χ0n) is 17.0. The number of fused-ring (bicyclic) bond motifs is 1. The zero-order valence-corrected chi connectivity index (χ0v) is 17.8. The molecule has 2 aliphatic rings. The summed E-state index contributed by atoms with van der Waals surface area (Å²) in [6.07, 6.45) is 4.35.